The number of amidine groups is 1. The van der Waals surface area contributed by atoms with Gasteiger partial charge in [-0.2, -0.15) is 5.10 Å². The van der Waals surface area contributed by atoms with Crippen LogP contribution in [0, 0.1) is 0 Å². The van der Waals surface area contributed by atoms with Crippen molar-refractivity contribution in [3.05, 3.63) is 46.8 Å². The summed E-state index contributed by atoms with van der Waals surface area (Å²) in [6, 6.07) is 7.57. The van der Waals surface area contributed by atoms with E-state index in [9.17, 15) is 9.59 Å². The number of anilines is 2. The molecule has 0 saturated heterocycles. The second-order valence-electron chi connectivity index (χ2n) is 11.6. The molecule has 0 atom stereocenters. The van der Waals surface area contributed by atoms with E-state index in [1.165, 1.54) is 4.90 Å². The lowest BCUT2D eigenvalue weighted by Crippen LogP contribution is -2.34. The van der Waals surface area contributed by atoms with Crippen LogP contribution in [0.1, 0.15) is 74.8 Å². The van der Waals surface area contributed by atoms with Crippen LogP contribution in [0.3, 0.4) is 0 Å². The molecule has 214 valence electrons. The highest BCUT2D eigenvalue weighted by molar-refractivity contribution is 6.10. The summed E-state index contributed by atoms with van der Waals surface area (Å²) in [5, 5.41) is 8.55. The number of hydrogen-bond acceptors (Lipinski definition) is 9. The maximum absolute atomic E-state index is 13.8. The molecule has 11 heteroatoms. The smallest absolute Gasteiger partial charge is 0.410 e. The third-order valence-electron chi connectivity index (χ3n) is 6.88. The van der Waals surface area contributed by atoms with E-state index in [0.717, 1.165) is 24.9 Å². The monoisotopic (exact) mass is 548 g/mol. The Morgan fingerprint density at radius 2 is 1.93 bits per heavy atom. The molecule has 0 bridgehead atoms. The maximum atomic E-state index is 13.8. The van der Waals surface area contributed by atoms with Gasteiger partial charge in [-0.25, -0.2) is 14.8 Å². The van der Waals surface area contributed by atoms with Crippen molar-refractivity contribution in [3.8, 4) is 0 Å². The molecule has 2 aromatic rings. The highest BCUT2D eigenvalue weighted by Gasteiger charge is 2.34. The van der Waals surface area contributed by atoms with Crippen LogP contribution in [-0.4, -0.2) is 83.1 Å². The van der Waals surface area contributed by atoms with E-state index in [0.29, 0.717) is 41.0 Å². The molecule has 0 saturated carbocycles. The first-order valence-electron chi connectivity index (χ1n) is 13.7. The number of fused-ring (bicyclic) bond motifs is 1. The summed E-state index contributed by atoms with van der Waals surface area (Å²) < 4.78 is 5.55. The number of pyridine rings is 2. The normalized spacial score (nSPS) is 17.6. The highest BCUT2D eigenvalue weighted by Crippen LogP contribution is 2.32. The van der Waals surface area contributed by atoms with Crippen LogP contribution in [0.4, 0.5) is 16.4 Å². The quantitative estimate of drug-likeness (QED) is 0.530. The molecule has 11 nitrogen and oxygen atoms in total. The van der Waals surface area contributed by atoms with Crippen LogP contribution >= 0.6 is 0 Å². The average molecular weight is 549 g/mol. The molecule has 40 heavy (non-hydrogen) atoms. The molecule has 2 amide bonds. The van der Waals surface area contributed by atoms with Crippen LogP contribution in [0.25, 0.3) is 0 Å². The average Bonchev–Trinajstić information content (AvgIpc) is 3.21. The van der Waals surface area contributed by atoms with Gasteiger partial charge in [-0.15, -0.1) is 5.10 Å². The van der Waals surface area contributed by atoms with Gasteiger partial charge in [0.15, 0.2) is 5.84 Å². The Kier molecular flexibility index (Phi) is 8.41. The van der Waals surface area contributed by atoms with Crippen LogP contribution in [0.15, 0.2) is 34.5 Å². The lowest BCUT2D eigenvalue weighted by atomic mass is 10.1. The van der Waals surface area contributed by atoms with E-state index in [2.05, 4.69) is 24.1 Å². The third-order valence-corrected chi connectivity index (χ3v) is 6.88. The fraction of sp³-hybridized carbons (Fsp3) is 0.517. The molecular weight excluding hydrogens is 508 g/mol. The number of hydrogen-bond donors (Lipinski definition) is 0. The van der Waals surface area contributed by atoms with E-state index in [1.807, 2.05) is 75.1 Å². The van der Waals surface area contributed by atoms with Crippen molar-refractivity contribution in [3.63, 3.8) is 0 Å². The maximum Gasteiger partial charge on any atom is 0.410 e. The summed E-state index contributed by atoms with van der Waals surface area (Å²) in [6.07, 6.45) is 3.21. The van der Waals surface area contributed by atoms with E-state index in [4.69, 9.17) is 14.7 Å². The summed E-state index contributed by atoms with van der Waals surface area (Å²) in [6.45, 7) is 10.9. The van der Waals surface area contributed by atoms with Gasteiger partial charge in [0.05, 0.1) is 24.3 Å². The zero-order valence-electron chi connectivity index (χ0n) is 24.8. The molecule has 0 unspecified atom stereocenters. The van der Waals surface area contributed by atoms with Gasteiger partial charge in [0, 0.05) is 45.5 Å². The minimum absolute atomic E-state index is 0.160. The standard InChI is InChI=1S/C29H40N8O3/c1-19(2)36(8)25-16-20-21(23(32-25)18-35(7)28(39)40-29(3,4)5)17-37(27(20)38)24-13-11-12-22(31-24)26-33-30-14-9-10-15-34(26)6/h11-14,16,19H,9-10,15,17-18H2,1-8H3/b30-14+,33-26-. The lowest BCUT2D eigenvalue weighted by molar-refractivity contribution is 0.0282. The Hall–Kier alpha value is -4.02. The third kappa shape index (κ3) is 6.40. The Bertz CT molecular complexity index is 1330. The number of nitrogens with zero attached hydrogens (tertiary/aromatic N) is 8. The van der Waals surface area contributed by atoms with Crippen molar-refractivity contribution in [1.82, 2.24) is 19.8 Å². The minimum Gasteiger partial charge on any atom is -0.444 e. The number of carbonyl (C=O) groups excluding carboxylic acids is 2. The first-order valence-corrected chi connectivity index (χ1v) is 13.7. The van der Waals surface area contributed by atoms with Crippen molar-refractivity contribution in [2.24, 2.45) is 10.2 Å². The zero-order valence-corrected chi connectivity index (χ0v) is 24.8. The first-order chi connectivity index (χ1) is 18.9. The molecule has 4 heterocycles. The van der Waals surface area contributed by atoms with Gasteiger partial charge in [0.25, 0.3) is 5.91 Å². The fourth-order valence-electron chi connectivity index (χ4n) is 4.44. The van der Waals surface area contributed by atoms with Gasteiger partial charge in [0.2, 0.25) is 0 Å². The predicted molar refractivity (Wildman–Crippen MR) is 157 cm³/mol. The van der Waals surface area contributed by atoms with Crippen molar-refractivity contribution in [2.75, 3.05) is 37.5 Å². The molecular formula is C29H40N8O3. The molecule has 2 aliphatic heterocycles. The SMILES string of the molecule is CC(C)N(C)c1cc2c(c(CN(C)C(=O)OC(C)(C)C)n1)CN(c1cccc(/C3=N/N=C/CCCN3C)n1)C2=O. The molecule has 0 aliphatic carbocycles. The van der Waals surface area contributed by atoms with Gasteiger partial charge in [-0.3, -0.25) is 9.69 Å². The van der Waals surface area contributed by atoms with Crippen molar-refractivity contribution < 1.29 is 14.3 Å². The van der Waals surface area contributed by atoms with Crippen LogP contribution in [0.2, 0.25) is 0 Å². The number of ether oxygens (including phenoxy) is 1. The van der Waals surface area contributed by atoms with Gasteiger partial charge >= 0.3 is 6.09 Å². The van der Waals surface area contributed by atoms with E-state index >= 15 is 0 Å². The second kappa shape index (κ2) is 11.6. The lowest BCUT2D eigenvalue weighted by Gasteiger charge is -2.26. The van der Waals surface area contributed by atoms with Crippen molar-refractivity contribution in [1.29, 1.82) is 0 Å². The molecule has 0 spiro atoms. The molecule has 2 aromatic heterocycles. The summed E-state index contributed by atoms with van der Waals surface area (Å²) in [4.78, 5) is 43.5. The van der Waals surface area contributed by atoms with Crippen LogP contribution in [-0.2, 0) is 17.8 Å². The topological polar surface area (TPSA) is 107 Å². The van der Waals surface area contributed by atoms with Crippen molar-refractivity contribution >= 4 is 35.7 Å². The second-order valence-corrected chi connectivity index (χ2v) is 11.6. The number of amides is 2. The summed E-state index contributed by atoms with van der Waals surface area (Å²) in [5.74, 6) is 1.68. The predicted octanol–water partition coefficient (Wildman–Crippen LogP) is 4.31. The van der Waals surface area contributed by atoms with Crippen LogP contribution in [0.5, 0.6) is 0 Å². The molecule has 4 rings (SSSR count). The number of rotatable bonds is 6. The number of carbonyl (C=O) groups is 2. The molecule has 0 fully saturated rings. The van der Waals surface area contributed by atoms with Crippen LogP contribution < -0.4 is 9.80 Å². The Morgan fingerprint density at radius 3 is 2.62 bits per heavy atom. The molecule has 0 aromatic carbocycles. The Balaban J connectivity index is 1.70. The Labute approximate surface area is 236 Å². The Morgan fingerprint density at radius 1 is 1.18 bits per heavy atom. The van der Waals surface area contributed by atoms with Gasteiger partial charge < -0.3 is 19.4 Å². The van der Waals surface area contributed by atoms with E-state index in [1.54, 1.807) is 11.9 Å². The van der Waals surface area contributed by atoms with E-state index < -0.39 is 11.7 Å². The van der Waals surface area contributed by atoms with Crippen molar-refractivity contribution in [2.45, 2.75) is 72.2 Å². The van der Waals surface area contributed by atoms with Gasteiger partial charge in [-0.1, -0.05) is 6.07 Å². The van der Waals surface area contributed by atoms with Gasteiger partial charge in [0.1, 0.15) is 22.9 Å². The summed E-state index contributed by atoms with van der Waals surface area (Å²) in [5.41, 5.74) is 2.01. The number of aromatic nitrogens is 2. The zero-order chi connectivity index (χ0) is 29.2. The summed E-state index contributed by atoms with van der Waals surface area (Å²) >= 11 is 0. The van der Waals surface area contributed by atoms with E-state index in [-0.39, 0.29) is 18.5 Å². The molecule has 0 radical (unpaired) electrons. The minimum atomic E-state index is -0.621. The summed E-state index contributed by atoms with van der Waals surface area (Å²) in [7, 11) is 5.59. The fourth-order valence-corrected chi connectivity index (χ4v) is 4.44. The molecule has 2 aliphatic rings. The van der Waals surface area contributed by atoms with Gasteiger partial charge in [-0.05, 0) is 65.7 Å². The molecule has 0 N–H and O–H groups in total. The largest absolute Gasteiger partial charge is 0.444 e. The first kappa shape index (κ1) is 29.0. The highest BCUT2D eigenvalue weighted by atomic mass is 16.6.